The van der Waals surface area contributed by atoms with Crippen molar-refractivity contribution in [1.82, 2.24) is 19.6 Å². The molecule has 31 heavy (non-hydrogen) atoms. The first-order valence-corrected chi connectivity index (χ1v) is 10.3. The number of nitrogens with one attached hydrogen (secondary N) is 1. The Morgan fingerprint density at radius 3 is 2.65 bits per heavy atom. The van der Waals surface area contributed by atoms with Crippen molar-refractivity contribution in [3.8, 4) is 11.5 Å². The average molecular weight is 482 g/mol. The minimum absolute atomic E-state index is 0.189. The summed E-state index contributed by atoms with van der Waals surface area (Å²) in [5.74, 6) is 1.15. The Morgan fingerprint density at radius 1 is 1.10 bits per heavy atom. The van der Waals surface area contributed by atoms with Gasteiger partial charge in [-0.05, 0) is 64.0 Å². The molecule has 0 aliphatic rings. The van der Waals surface area contributed by atoms with Crippen LogP contribution in [0.1, 0.15) is 16.1 Å². The molecule has 0 saturated heterocycles. The van der Waals surface area contributed by atoms with Gasteiger partial charge in [0.1, 0.15) is 11.5 Å². The molecule has 0 unspecified atom stereocenters. The Labute approximate surface area is 187 Å². The standard InChI is InChI=1S/C22H20BrN5O3/c1-30-19-5-7-20(8-6-19)31-15-27-10-9-21(26-27)22(29)25-18-4-2-3-16(11-18)13-28-14-17(23)12-24-28/h2-12,14H,13,15H2,1H3,(H,25,29). The Kier molecular flexibility index (Phi) is 6.32. The highest BCUT2D eigenvalue weighted by Gasteiger charge is 2.11. The second-order valence-electron chi connectivity index (χ2n) is 6.70. The summed E-state index contributed by atoms with van der Waals surface area (Å²) < 4.78 is 15.1. The van der Waals surface area contributed by atoms with E-state index in [2.05, 4.69) is 31.4 Å². The van der Waals surface area contributed by atoms with Crippen molar-refractivity contribution in [2.24, 2.45) is 0 Å². The zero-order chi connectivity index (χ0) is 21.6. The number of methoxy groups -OCH3 is 1. The van der Waals surface area contributed by atoms with E-state index in [0.717, 1.165) is 15.8 Å². The van der Waals surface area contributed by atoms with Crippen molar-refractivity contribution in [2.45, 2.75) is 13.3 Å². The monoisotopic (exact) mass is 481 g/mol. The largest absolute Gasteiger partial charge is 0.497 e. The normalized spacial score (nSPS) is 10.6. The van der Waals surface area contributed by atoms with Crippen molar-refractivity contribution in [1.29, 1.82) is 0 Å². The van der Waals surface area contributed by atoms with Crippen LogP contribution in [0.5, 0.6) is 11.5 Å². The summed E-state index contributed by atoms with van der Waals surface area (Å²) in [4.78, 5) is 12.6. The van der Waals surface area contributed by atoms with Gasteiger partial charge in [0.15, 0.2) is 12.4 Å². The van der Waals surface area contributed by atoms with Crippen molar-refractivity contribution >= 4 is 27.5 Å². The summed E-state index contributed by atoms with van der Waals surface area (Å²) in [6.45, 7) is 0.793. The molecule has 8 nitrogen and oxygen atoms in total. The third-order valence-corrected chi connectivity index (χ3v) is 4.84. The fourth-order valence-electron chi connectivity index (χ4n) is 2.92. The molecule has 1 N–H and O–H groups in total. The summed E-state index contributed by atoms with van der Waals surface area (Å²) in [5, 5.41) is 11.4. The van der Waals surface area contributed by atoms with Gasteiger partial charge in [-0.3, -0.25) is 9.48 Å². The highest BCUT2D eigenvalue weighted by molar-refractivity contribution is 9.10. The number of anilines is 1. The van der Waals surface area contributed by atoms with E-state index in [4.69, 9.17) is 9.47 Å². The minimum atomic E-state index is -0.290. The van der Waals surface area contributed by atoms with E-state index in [1.165, 1.54) is 0 Å². The molecule has 9 heteroatoms. The molecular weight excluding hydrogens is 462 g/mol. The molecule has 0 saturated carbocycles. The van der Waals surface area contributed by atoms with Crippen LogP contribution < -0.4 is 14.8 Å². The molecule has 4 rings (SSSR count). The molecule has 2 aromatic heterocycles. The number of benzene rings is 2. The summed E-state index contributed by atoms with van der Waals surface area (Å²) in [6, 6.07) is 16.5. The highest BCUT2D eigenvalue weighted by atomic mass is 79.9. The van der Waals surface area contributed by atoms with Crippen LogP contribution in [0, 0.1) is 0 Å². The maximum atomic E-state index is 12.6. The van der Waals surface area contributed by atoms with E-state index in [9.17, 15) is 4.79 Å². The third kappa shape index (κ3) is 5.52. The fourth-order valence-corrected chi connectivity index (χ4v) is 3.25. The SMILES string of the molecule is COc1ccc(OCn2ccc(C(=O)Nc3cccc(Cn4cc(Br)cn4)c3)n2)cc1. The lowest BCUT2D eigenvalue weighted by Crippen LogP contribution is -2.14. The molecule has 0 spiro atoms. The highest BCUT2D eigenvalue weighted by Crippen LogP contribution is 2.18. The van der Waals surface area contributed by atoms with E-state index < -0.39 is 0 Å². The Hall–Kier alpha value is -3.59. The average Bonchev–Trinajstić information content (AvgIpc) is 3.42. The molecule has 0 atom stereocenters. The van der Waals surface area contributed by atoms with Gasteiger partial charge in [0, 0.05) is 18.1 Å². The van der Waals surface area contributed by atoms with Gasteiger partial charge in [0.05, 0.1) is 24.3 Å². The van der Waals surface area contributed by atoms with Gasteiger partial charge in [-0.2, -0.15) is 10.2 Å². The Morgan fingerprint density at radius 2 is 1.90 bits per heavy atom. The van der Waals surface area contributed by atoms with E-state index in [1.54, 1.807) is 30.3 Å². The van der Waals surface area contributed by atoms with Crippen molar-refractivity contribution < 1.29 is 14.3 Å². The number of halogens is 1. The number of carbonyl (C=O) groups excluding carboxylic acids is 1. The number of rotatable bonds is 8. The minimum Gasteiger partial charge on any atom is -0.497 e. The summed E-state index contributed by atoms with van der Waals surface area (Å²) >= 11 is 3.39. The van der Waals surface area contributed by atoms with Gasteiger partial charge in [0.25, 0.3) is 5.91 Å². The first-order valence-electron chi connectivity index (χ1n) is 9.47. The van der Waals surface area contributed by atoms with Crippen LogP contribution in [-0.4, -0.2) is 32.6 Å². The second kappa shape index (κ2) is 9.48. The molecule has 1 amide bonds. The summed E-state index contributed by atoms with van der Waals surface area (Å²) in [5.41, 5.74) is 2.02. The quantitative estimate of drug-likeness (QED) is 0.407. The second-order valence-corrected chi connectivity index (χ2v) is 7.62. The van der Waals surface area contributed by atoms with E-state index >= 15 is 0 Å². The van der Waals surface area contributed by atoms with Crippen LogP contribution in [0.4, 0.5) is 5.69 Å². The van der Waals surface area contributed by atoms with E-state index in [0.29, 0.717) is 23.7 Å². The Bertz CT molecular complexity index is 1170. The first-order chi connectivity index (χ1) is 15.1. The van der Waals surface area contributed by atoms with Gasteiger partial charge in [-0.15, -0.1) is 0 Å². The van der Waals surface area contributed by atoms with Crippen LogP contribution in [0.2, 0.25) is 0 Å². The molecule has 4 aromatic rings. The molecule has 158 valence electrons. The molecule has 2 aromatic carbocycles. The maximum absolute atomic E-state index is 12.6. The van der Waals surface area contributed by atoms with Gasteiger partial charge in [-0.1, -0.05) is 12.1 Å². The van der Waals surface area contributed by atoms with E-state index in [-0.39, 0.29) is 12.6 Å². The van der Waals surface area contributed by atoms with Gasteiger partial charge in [0.2, 0.25) is 0 Å². The lowest BCUT2D eigenvalue weighted by molar-refractivity contribution is 0.102. The van der Waals surface area contributed by atoms with Crippen LogP contribution >= 0.6 is 15.9 Å². The zero-order valence-electron chi connectivity index (χ0n) is 16.7. The van der Waals surface area contributed by atoms with Gasteiger partial charge < -0.3 is 14.8 Å². The predicted octanol–water partition coefficient (Wildman–Crippen LogP) is 4.19. The number of hydrogen-bond acceptors (Lipinski definition) is 5. The molecular formula is C22H20BrN5O3. The number of aromatic nitrogens is 4. The van der Waals surface area contributed by atoms with Crippen molar-refractivity contribution in [3.63, 3.8) is 0 Å². The summed E-state index contributed by atoms with van der Waals surface area (Å²) in [7, 11) is 1.61. The topological polar surface area (TPSA) is 83.2 Å². The first kappa shape index (κ1) is 20.7. The fraction of sp³-hybridized carbons (Fsp3) is 0.136. The third-order valence-electron chi connectivity index (χ3n) is 4.43. The van der Waals surface area contributed by atoms with Crippen LogP contribution in [0.15, 0.2) is 77.7 Å². The molecule has 0 fully saturated rings. The molecule has 0 bridgehead atoms. The number of nitrogens with zero attached hydrogens (tertiary/aromatic N) is 4. The molecule has 0 aliphatic carbocycles. The van der Waals surface area contributed by atoms with Crippen LogP contribution in [0.3, 0.4) is 0 Å². The number of ether oxygens (including phenoxy) is 2. The number of hydrogen-bond donors (Lipinski definition) is 1. The lowest BCUT2D eigenvalue weighted by Gasteiger charge is -2.08. The van der Waals surface area contributed by atoms with Crippen molar-refractivity contribution in [2.75, 3.05) is 12.4 Å². The number of carbonyl (C=O) groups is 1. The van der Waals surface area contributed by atoms with Crippen LogP contribution in [-0.2, 0) is 13.3 Å². The van der Waals surface area contributed by atoms with Gasteiger partial charge >= 0.3 is 0 Å². The summed E-state index contributed by atoms with van der Waals surface area (Å²) in [6.07, 6.45) is 5.33. The van der Waals surface area contributed by atoms with Crippen LogP contribution in [0.25, 0.3) is 0 Å². The molecule has 0 aliphatic heterocycles. The predicted molar refractivity (Wildman–Crippen MR) is 119 cm³/mol. The number of amides is 1. The smallest absolute Gasteiger partial charge is 0.276 e. The Balaban J connectivity index is 1.34. The van der Waals surface area contributed by atoms with Gasteiger partial charge in [-0.25, -0.2) is 4.68 Å². The molecule has 0 radical (unpaired) electrons. The van der Waals surface area contributed by atoms with Crippen molar-refractivity contribution in [3.05, 3.63) is 88.9 Å². The maximum Gasteiger partial charge on any atom is 0.276 e. The molecule has 2 heterocycles. The zero-order valence-corrected chi connectivity index (χ0v) is 18.3. The lowest BCUT2D eigenvalue weighted by atomic mass is 10.2. The van der Waals surface area contributed by atoms with E-state index in [1.807, 2.05) is 59.4 Å².